The highest BCUT2D eigenvalue weighted by Crippen LogP contribution is 2.12. The molecule has 2 aromatic rings. The molecular formula is C8H5ClN2O. The largest absolute Gasteiger partial charge is 0.443 e. The average Bonchev–Trinajstić information content (AvgIpc) is 2.50. The van der Waals surface area contributed by atoms with E-state index in [1.165, 1.54) is 6.39 Å². The fraction of sp³-hybridized carbons (Fsp3) is 0. The van der Waals surface area contributed by atoms with Crippen molar-refractivity contribution in [1.82, 2.24) is 4.98 Å². The first-order valence-corrected chi connectivity index (χ1v) is 3.13. The number of nitriles is 1. The Labute approximate surface area is 75.0 Å². The molecule has 0 saturated carbocycles. The van der Waals surface area contributed by atoms with Crippen LogP contribution in [0.2, 0.25) is 0 Å². The number of aromatic nitrogens is 1. The molecule has 0 radical (unpaired) electrons. The number of rotatable bonds is 0. The predicted molar refractivity (Wildman–Crippen MR) is 46.0 cm³/mol. The second kappa shape index (κ2) is 3.24. The van der Waals surface area contributed by atoms with Crippen LogP contribution in [0.3, 0.4) is 0 Å². The lowest BCUT2D eigenvalue weighted by Gasteiger charge is -1.85. The minimum atomic E-state index is 0. The fourth-order valence-electron chi connectivity index (χ4n) is 0.927. The molecule has 2 rings (SSSR count). The van der Waals surface area contributed by atoms with Crippen molar-refractivity contribution in [3.63, 3.8) is 0 Å². The summed E-state index contributed by atoms with van der Waals surface area (Å²) in [6.45, 7) is 0. The van der Waals surface area contributed by atoms with Crippen molar-refractivity contribution in [2.24, 2.45) is 0 Å². The Kier molecular flexibility index (Phi) is 2.32. The van der Waals surface area contributed by atoms with Crippen LogP contribution in [0.15, 0.2) is 29.0 Å². The summed E-state index contributed by atoms with van der Waals surface area (Å²) in [4.78, 5) is 3.91. The monoisotopic (exact) mass is 180 g/mol. The number of hydrogen-bond donors (Lipinski definition) is 0. The van der Waals surface area contributed by atoms with Crippen molar-refractivity contribution in [2.75, 3.05) is 0 Å². The van der Waals surface area contributed by atoms with Crippen molar-refractivity contribution in [3.05, 3.63) is 30.2 Å². The van der Waals surface area contributed by atoms with Crippen LogP contribution in [0, 0.1) is 11.3 Å². The molecule has 0 amide bonds. The molecule has 0 unspecified atom stereocenters. The third-order valence-electron chi connectivity index (χ3n) is 1.46. The van der Waals surface area contributed by atoms with Gasteiger partial charge in [-0.2, -0.15) is 5.26 Å². The van der Waals surface area contributed by atoms with Gasteiger partial charge in [0.25, 0.3) is 0 Å². The van der Waals surface area contributed by atoms with E-state index in [0.717, 1.165) is 5.52 Å². The van der Waals surface area contributed by atoms with E-state index in [9.17, 15) is 0 Å². The summed E-state index contributed by atoms with van der Waals surface area (Å²) >= 11 is 0. The first kappa shape index (κ1) is 8.57. The lowest BCUT2D eigenvalue weighted by molar-refractivity contribution is 0.602. The van der Waals surface area contributed by atoms with Crippen molar-refractivity contribution in [3.8, 4) is 6.07 Å². The first-order chi connectivity index (χ1) is 5.40. The van der Waals surface area contributed by atoms with E-state index in [4.69, 9.17) is 9.68 Å². The van der Waals surface area contributed by atoms with Gasteiger partial charge < -0.3 is 4.42 Å². The molecular weight excluding hydrogens is 176 g/mol. The third-order valence-corrected chi connectivity index (χ3v) is 1.46. The van der Waals surface area contributed by atoms with Crippen LogP contribution in [-0.2, 0) is 0 Å². The van der Waals surface area contributed by atoms with Crippen LogP contribution in [0.1, 0.15) is 5.56 Å². The number of benzene rings is 1. The van der Waals surface area contributed by atoms with Crippen LogP contribution >= 0.6 is 12.4 Å². The smallest absolute Gasteiger partial charge is 0.181 e. The standard InChI is InChI=1S/C8H4N2O.ClH/c9-4-6-1-2-8-7(3-6)10-5-11-8;/h1-3,5H;1H. The Bertz CT molecular complexity index is 430. The fourth-order valence-corrected chi connectivity index (χ4v) is 0.927. The van der Waals surface area contributed by atoms with E-state index in [1.54, 1.807) is 18.2 Å². The van der Waals surface area contributed by atoms with E-state index in [2.05, 4.69) is 4.98 Å². The van der Waals surface area contributed by atoms with Gasteiger partial charge in [-0.05, 0) is 18.2 Å². The SMILES string of the molecule is Cl.N#Cc1ccc2ocnc2c1. The summed E-state index contributed by atoms with van der Waals surface area (Å²) in [5.74, 6) is 0. The maximum absolute atomic E-state index is 8.53. The molecule has 0 N–H and O–H groups in total. The zero-order chi connectivity index (χ0) is 7.68. The highest BCUT2D eigenvalue weighted by molar-refractivity contribution is 5.85. The summed E-state index contributed by atoms with van der Waals surface area (Å²) in [7, 11) is 0. The van der Waals surface area contributed by atoms with Gasteiger partial charge in [0.2, 0.25) is 0 Å². The summed E-state index contributed by atoms with van der Waals surface area (Å²) in [6, 6.07) is 7.16. The van der Waals surface area contributed by atoms with Gasteiger partial charge in [-0.25, -0.2) is 4.98 Å². The van der Waals surface area contributed by atoms with E-state index in [-0.39, 0.29) is 12.4 Å². The van der Waals surface area contributed by atoms with Crippen molar-refractivity contribution in [1.29, 1.82) is 5.26 Å². The molecule has 0 bridgehead atoms. The molecule has 0 spiro atoms. The Morgan fingerprint density at radius 3 is 3.00 bits per heavy atom. The molecule has 1 aromatic heterocycles. The summed E-state index contributed by atoms with van der Waals surface area (Å²) < 4.78 is 5.00. The van der Waals surface area contributed by atoms with Gasteiger partial charge in [0.05, 0.1) is 11.6 Å². The molecule has 0 aliphatic carbocycles. The summed E-state index contributed by atoms with van der Waals surface area (Å²) in [6.07, 6.45) is 1.37. The van der Waals surface area contributed by atoms with Gasteiger partial charge in [0.1, 0.15) is 5.52 Å². The molecule has 0 saturated heterocycles. The van der Waals surface area contributed by atoms with Gasteiger partial charge in [0, 0.05) is 0 Å². The number of nitrogens with zero attached hydrogens (tertiary/aromatic N) is 2. The lowest BCUT2D eigenvalue weighted by atomic mass is 10.2. The quantitative estimate of drug-likeness (QED) is 0.624. The zero-order valence-corrected chi connectivity index (χ0v) is 6.84. The molecule has 4 heteroatoms. The van der Waals surface area contributed by atoms with Crippen LogP contribution in [0.5, 0.6) is 0 Å². The number of fused-ring (bicyclic) bond motifs is 1. The number of hydrogen-bond acceptors (Lipinski definition) is 3. The van der Waals surface area contributed by atoms with Gasteiger partial charge in [-0.1, -0.05) is 0 Å². The van der Waals surface area contributed by atoms with Crippen LogP contribution in [0.25, 0.3) is 11.1 Å². The second-order valence-electron chi connectivity index (χ2n) is 2.15. The highest BCUT2D eigenvalue weighted by Gasteiger charge is 1.97. The van der Waals surface area contributed by atoms with E-state index < -0.39 is 0 Å². The van der Waals surface area contributed by atoms with Gasteiger partial charge >= 0.3 is 0 Å². The maximum Gasteiger partial charge on any atom is 0.181 e. The third kappa shape index (κ3) is 1.25. The Morgan fingerprint density at radius 2 is 2.25 bits per heavy atom. The number of oxazole rings is 1. The number of halogens is 1. The van der Waals surface area contributed by atoms with Gasteiger partial charge in [-0.3, -0.25) is 0 Å². The minimum Gasteiger partial charge on any atom is -0.443 e. The van der Waals surface area contributed by atoms with Crippen molar-refractivity contribution in [2.45, 2.75) is 0 Å². The normalized spacial score (nSPS) is 8.92. The van der Waals surface area contributed by atoms with E-state index >= 15 is 0 Å². The highest BCUT2D eigenvalue weighted by atomic mass is 35.5. The molecule has 0 aliphatic rings. The molecule has 0 aliphatic heterocycles. The molecule has 1 heterocycles. The van der Waals surface area contributed by atoms with Crippen LogP contribution in [-0.4, -0.2) is 4.98 Å². The van der Waals surface area contributed by atoms with Gasteiger partial charge in [-0.15, -0.1) is 12.4 Å². The maximum atomic E-state index is 8.53. The summed E-state index contributed by atoms with van der Waals surface area (Å²) in [5, 5.41) is 8.53. The van der Waals surface area contributed by atoms with Crippen molar-refractivity contribution < 1.29 is 4.42 Å². The Balaban J connectivity index is 0.000000720. The molecule has 12 heavy (non-hydrogen) atoms. The van der Waals surface area contributed by atoms with E-state index in [1.807, 2.05) is 6.07 Å². The second-order valence-corrected chi connectivity index (χ2v) is 2.15. The average molecular weight is 181 g/mol. The van der Waals surface area contributed by atoms with Crippen LogP contribution < -0.4 is 0 Å². The molecule has 3 nitrogen and oxygen atoms in total. The molecule has 0 fully saturated rings. The summed E-state index contributed by atoms with van der Waals surface area (Å²) in [5.41, 5.74) is 2.04. The first-order valence-electron chi connectivity index (χ1n) is 3.13. The predicted octanol–water partition coefficient (Wildman–Crippen LogP) is 2.12. The Hall–Kier alpha value is -1.53. The van der Waals surface area contributed by atoms with Crippen molar-refractivity contribution >= 4 is 23.5 Å². The molecule has 0 atom stereocenters. The molecule has 60 valence electrons. The topological polar surface area (TPSA) is 49.8 Å². The van der Waals surface area contributed by atoms with Gasteiger partial charge in [0.15, 0.2) is 12.0 Å². The Morgan fingerprint density at radius 1 is 1.42 bits per heavy atom. The molecule has 1 aromatic carbocycles. The zero-order valence-electron chi connectivity index (χ0n) is 6.02. The minimum absolute atomic E-state index is 0. The van der Waals surface area contributed by atoms with Crippen LogP contribution in [0.4, 0.5) is 0 Å². The lowest BCUT2D eigenvalue weighted by Crippen LogP contribution is -1.72. The van der Waals surface area contributed by atoms with E-state index in [0.29, 0.717) is 11.1 Å².